The van der Waals surface area contributed by atoms with Gasteiger partial charge in [0, 0.05) is 17.0 Å². The average molecular weight is 310 g/mol. The minimum absolute atomic E-state index is 0.820. The Bertz CT molecular complexity index is 934. The molecule has 0 radical (unpaired) electrons. The van der Waals surface area contributed by atoms with Gasteiger partial charge in [0.25, 0.3) is 0 Å². The highest BCUT2D eigenvalue weighted by molar-refractivity contribution is 9.10. The second-order valence-electron chi connectivity index (χ2n) is 4.37. The van der Waals surface area contributed by atoms with Gasteiger partial charge in [-0.2, -0.15) is 0 Å². The number of benzene rings is 1. The van der Waals surface area contributed by atoms with Crippen LogP contribution in [0.4, 0.5) is 0 Å². The first-order valence-corrected chi connectivity index (χ1v) is 6.71. The predicted octanol–water partition coefficient (Wildman–Crippen LogP) is 4.09. The minimum atomic E-state index is 0.820. The van der Waals surface area contributed by atoms with E-state index in [1.807, 2.05) is 24.3 Å². The van der Waals surface area contributed by atoms with Gasteiger partial charge in [0.1, 0.15) is 4.60 Å². The molecule has 4 rings (SSSR count). The molecule has 0 unspecified atom stereocenters. The fourth-order valence-electron chi connectivity index (χ4n) is 2.28. The molecule has 19 heavy (non-hydrogen) atoms. The van der Waals surface area contributed by atoms with Crippen molar-refractivity contribution in [2.45, 2.75) is 0 Å². The first-order chi connectivity index (χ1) is 9.31. The molecular weight excluding hydrogens is 302 g/mol. The molecule has 0 spiro atoms. The maximum absolute atomic E-state index is 4.70. The molecule has 0 saturated carbocycles. The number of pyridine rings is 3. The van der Waals surface area contributed by atoms with Crippen molar-refractivity contribution in [3.63, 3.8) is 0 Å². The third kappa shape index (κ3) is 1.68. The van der Waals surface area contributed by atoms with E-state index in [2.05, 4.69) is 44.1 Å². The van der Waals surface area contributed by atoms with Gasteiger partial charge in [-0.3, -0.25) is 4.98 Å². The van der Waals surface area contributed by atoms with Gasteiger partial charge in [-0.05, 0) is 40.2 Å². The molecule has 0 N–H and O–H groups in total. The van der Waals surface area contributed by atoms with Crippen molar-refractivity contribution in [1.29, 1.82) is 0 Å². The highest BCUT2D eigenvalue weighted by Gasteiger charge is 2.06. The first-order valence-electron chi connectivity index (χ1n) is 5.92. The predicted molar refractivity (Wildman–Crippen MR) is 80.0 cm³/mol. The Kier molecular flexibility index (Phi) is 2.26. The van der Waals surface area contributed by atoms with Crippen molar-refractivity contribution in [2.24, 2.45) is 0 Å². The van der Waals surface area contributed by atoms with Gasteiger partial charge in [-0.25, -0.2) is 9.97 Å². The second-order valence-corrected chi connectivity index (χ2v) is 5.19. The molecule has 0 aliphatic carbocycles. The van der Waals surface area contributed by atoms with Crippen molar-refractivity contribution >= 4 is 48.8 Å². The van der Waals surface area contributed by atoms with Gasteiger partial charge in [0.2, 0.25) is 0 Å². The summed E-state index contributed by atoms with van der Waals surface area (Å²) in [4.78, 5) is 13.6. The Morgan fingerprint density at radius 2 is 1.58 bits per heavy atom. The smallest absolute Gasteiger partial charge is 0.106 e. The number of hydrogen-bond donors (Lipinski definition) is 0. The summed E-state index contributed by atoms with van der Waals surface area (Å²) in [5.41, 5.74) is 3.63. The molecule has 0 saturated heterocycles. The summed E-state index contributed by atoms with van der Waals surface area (Å²) < 4.78 is 0.820. The Balaban J connectivity index is 2.25. The summed E-state index contributed by atoms with van der Waals surface area (Å²) in [6.07, 6.45) is 1.78. The standard InChI is InChI=1S/C15H8BrN3/c16-13-6-5-9-3-4-10-8-12-11(2-1-7-17-12)18-15(10)14(9)19-13/h1-8H. The molecule has 0 atom stereocenters. The molecule has 0 aliphatic rings. The fourth-order valence-corrected chi connectivity index (χ4v) is 2.59. The van der Waals surface area contributed by atoms with E-state index in [0.717, 1.165) is 37.4 Å². The van der Waals surface area contributed by atoms with E-state index in [-0.39, 0.29) is 0 Å². The molecule has 0 amide bonds. The lowest BCUT2D eigenvalue weighted by Gasteiger charge is -2.04. The molecule has 3 aromatic heterocycles. The SMILES string of the molecule is Brc1ccc2ccc3cc4ncccc4nc3c2n1. The quantitative estimate of drug-likeness (QED) is 0.279. The van der Waals surface area contributed by atoms with Gasteiger partial charge in [-0.1, -0.05) is 18.2 Å². The zero-order chi connectivity index (χ0) is 12.8. The maximum Gasteiger partial charge on any atom is 0.106 e. The van der Waals surface area contributed by atoms with Crippen molar-refractivity contribution in [2.75, 3.05) is 0 Å². The second kappa shape index (κ2) is 3.96. The monoisotopic (exact) mass is 309 g/mol. The lowest BCUT2D eigenvalue weighted by molar-refractivity contribution is 1.34. The molecule has 3 heterocycles. The summed E-state index contributed by atoms with van der Waals surface area (Å²) in [6.45, 7) is 0. The van der Waals surface area contributed by atoms with Crippen LogP contribution in [0.5, 0.6) is 0 Å². The topological polar surface area (TPSA) is 38.7 Å². The van der Waals surface area contributed by atoms with Crippen LogP contribution in [0.15, 0.2) is 53.3 Å². The van der Waals surface area contributed by atoms with E-state index in [0.29, 0.717) is 0 Å². The van der Waals surface area contributed by atoms with Crippen molar-refractivity contribution < 1.29 is 0 Å². The third-order valence-electron chi connectivity index (χ3n) is 3.17. The van der Waals surface area contributed by atoms with E-state index >= 15 is 0 Å². The zero-order valence-corrected chi connectivity index (χ0v) is 11.4. The molecule has 0 fully saturated rings. The van der Waals surface area contributed by atoms with Crippen LogP contribution in [-0.4, -0.2) is 15.0 Å². The van der Waals surface area contributed by atoms with Crippen molar-refractivity contribution in [3.8, 4) is 0 Å². The van der Waals surface area contributed by atoms with E-state index < -0.39 is 0 Å². The summed E-state index contributed by atoms with van der Waals surface area (Å²) in [5.74, 6) is 0. The molecule has 0 bridgehead atoms. The molecule has 0 aliphatic heterocycles. The van der Waals surface area contributed by atoms with Gasteiger partial charge >= 0.3 is 0 Å². The lowest BCUT2D eigenvalue weighted by atomic mass is 10.1. The average Bonchev–Trinajstić information content (AvgIpc) is 2.45. The van der Waals surface area contributed by atoms with Crippen LogP contribution < -0.4 is 0 Å². The van der Waals surface area contributed by atoms with Crippen LogP contribution in [0.3, 0.4) is 0 Å². The number of halogens is 1. The van der Waals surface area contributed by atoms with Crippen molar-refractivity contribution in [1.82, 2.24) is 15.0 Å². The highest BCUT2D eigenvalue weighted by atomic mass is 79.9. The Morgan fingerprint density at radius 3 is 2.53 bits per heavy atom. The van der Waals surface area contributed by atoms with E-state index in [4.69, 9.17) is 4.98 Å². The van der Waals surface area contributed by atoms with Crippen LogP contribution in [-0.2, 0) is 0 Å². The molecule has 4 heteroatoms. The Labute approximate surface area is 117 Å². The van der Waals surface area contributed by atoms with Gasteiger partial charge in [0.05, 0.1) is 22.1 Å². The number of hydrogen-bond acceptors (Lipinski definition) is 3. The normalized spacial score (nSPS) is 11.4. The maximum atomic E-state index is 4.70. The summed E-state index contributed by atoms with van der Waals surface area (Å²) >= 11 is 3.42. The Morgan fingerprint density at radius 1 is 0.789 bits per heavy atom. The van der Waals surface area contributed by atoms with Crippen LogP contribution in [0.2, 0.25) is 0 Å². The molecule has 3 nitrogen and oxygen atoms in total. The van der Waals surface area contributed by atoms with Crippen molar-refractivity contribution in [3.05, 3.63) is 53.3 Å². The highest BCUT2D eigenvalue weighted by Crippen LogP contribution is 2.26. The minimum Gasteiger partial charge on any atom is -0.255 e. The number of nitrogens with zero attached hydrogens (tertiary/aromatic N) is 3. The van der Waals surface area contributed by atoms with Gasteiger partial charge in [0.15, 0.2) is 0 Å². The Hall–Kier alpha value is -2.07. The molecule has 4 aromatic rings. The summed E-state index contributed by atoms with van der Waals surface area (Å²) in [6, 6.07) is 14.0. The largest absolute Gasteiger partial charge is 0.255 e. The molecule has 1 aromatic carbocycles. The van der Waals surface area contributed by atoms with Crippen LogP contribution in [0.1, 0.15) is 0 Å². The molecule has 90 valence electrons. The van der Waals surface area contributed by atoms with Crippen LogP contribution in [0.25, 0.3) is 32.8 Å². The molecular formula is C15H8BrN3. The number of fused-ring (bicyclic) bond motifs is 4. The summed E-state index contributed by atoms with van der Waals surface area (Å²) in [7, 11) is 0. The first kappa shape index (κ1) is 10.8. The van der Waals surface area contributed by atoms with E-state index in [9.17, 15) is 0 Å². The van der Waals surface area contributed by atoms with Gasteiger partial charge < -0.3 is 0 Å². The number of rotatable bonds is 0. The zero-order valence-electron chi connectivity index (χ0n) is 9.84. The van der Waals surface area contributed by atoms with E-state index in [1.165, 1.54) is 0 Å². The van der Waals surface area contributed by atoms with Crippen LogP contribution in [0, 0.1) is 0 Å². The van der Waals surface area contributed by atoms with E-state index in [1.54, 1.807) is 6.20 Å². The van der Waals surface area contributed by atoms with Crippen LogP contribution >= 0.6 is 15.9 Å². The lowest BCUT2D eigenvalue weighted by Crippen LogP contribution is -1.88. The fraction of sp³-hybridized carbons (Fsp3) is 0. The number of aromatic nitrogens is 3. The third-order valence-corrected chi connectivity index (χ3v) is 3.62. The van der Waals surface area contributed by atoms with Gasteiger partial charge in [-0.15, -0.1) is 0 Å². The summed E-state index contributed by atoms with van der Waals surface area (Å²) in [5, 5.41) is 2.15.